The molecular weight excluding hydrogens is 232 g/mol. The molecule has 0 saturated carbocycles. The monoisotopic (exact) mass is 250 g/mol. The fraction of sp³-hybridized carbons (Fsp3) is 0.118. The van der Waals surface area contributed by atoms with Gasteiger partial charge in [-0.2, -0.15) is 0 Å². The number of rotatable bonds is 4. The second-order valence-corrected chi connectivity index (χ2v) is 4.46. The van der Waals surface area contributed by atoms with Gasteiger partial charge < -0.3 is 4.90 Å². The average Bonchev–Trinajstić information content (AvgIpc) is 2.45. The Morgan fingerprint density at radius 1 is 0.895 bits per heavy atom. The van der Waals surface area contributed by atoms with Crippen LogP contribution in [-0.4, -0.2) is 20.3 Å². The van der Waals surface area contributed by atoms with E-state index in [4.69, 9.17) is 0 Å². The van der Waals surface area contributed by atoms with Crippen LogP contribution in [0, 0.1) is 0 Å². The van der Waals surface area contributed by atoms with Gasteiger partial charge in [-0.1, -0.05) is 36.4 Å². The van der Waals surface area contributed by atoms with Gasteiger partial charge in [-0.05, 0) is 35.9 Å². The minimum Gasteiger partial charge on any atom is -0.378 e. The Kier molecular flexibility index (Phi) is 4.51. The zero-order valence-electron chi connectivity index (χ0n) is 11.3. The summed E-state index contributed by atoms with van der Waals surface area (Å²) in [5.41, 5.74) is 3.34. The van der Waals surface area contributed by atoms with Crippen molar-refractivity contribution in [3.8, 4) is 0 Å². The van der Waals surface area contributed by atoms with Gasteiger partial charge in [-0.25, -0.2) is 0 Å². The van der Waals surface area contributed by atoms with Crippen LogP contribution in [0.1, 0.15) is 5.56 Å². The van der Waals surface area contributed by atoms with Crippen LogP contribution in [0.15, 0.2) is 65.7 Å². The Bertz CT molecular complexity index is 552. The van der Waals surface area contributed by atoms with Crippen LogP contribution in [0.2, 0.25) is 0 Å². The second kappa shape index (κ2) is 6.55. The highest BCUT2D eigenvalue weighted by molar-refractivity contribution is 5.80. The molecule has 2 aromatic rings. The molecule has 2 heteroatoms. The first-order chi connectivity index (χ1) is 9.25. The first kappa shape index (κ1) is 13.1. The van der Waals surface area contributed by atoms with Crippen LogP contribution in [-0.2, 0) is 0 Å². The number of benzene rings is 2. The van der Waals surface area contributed by atoms with Crippen molar-refractivity contribution in [3.63, 3.8) is 0 Å². The lowest BCUT2D eigenvalue weighted by molar-refractivity contribution is 1.13. The molecule has 0 aromatic heterocycles. The smallest absolute Gasteiger partial charge is 0.0629 e. The third-order valence-electron chi connectivity index (χ3n) is 2.76. The van der Waals surface area contributed by atoms with Crippen molar-refractivity contribution < 1.29 is 0 Å². The molecule has 2 rings (SSSR count). The summed E-state index contributed by atoms with van der Waals surface area (Å²) in [6.45, 7) is 0. The molecule has 2 nitrogen and oxygen atoms in total. The number of para-hydroxylation sites is 1. The Morgan fingerprint density at radius 2 is 1.58 bits per heavy atom. The standard InChI is InChI=1S/C17H18N2/c1-19(2)17-12-10-15(11-13-17)7-6-14-18-16-8-4-3-5-9-16/h3-14H,1-2H3. The molecule has 0 fully saturated rings. The van der Waals surface area contributed by atoms with Gasteiger partial charge in [0, 0.05) is 26.0 Å². The number of nitrogens with zero attached hydrogens (tertiary/aromatic N) is 2. The van der Waals surface area contributed by atoms with Crippen molar-refractivity contribution in [2.24, 2.45) is 4.99 Å². The molecule has 0 atom stereocenters. The fourth-order valence-corrected chi connectivity index (χ4v) is 1.68. The number of aliphatic imine (C=N–C) groups is 1. The van der Waals surface area contributed by atoms with E-state index in [1.807, 2.05) is 62.8 Å². The molecule has 0 aliphatic heterocycles. The summed E-state index contributed by atoms with van der Waals surface area (Å²) < 4.78 is 0. The third-order valence-corrected chi connectivity index (χ3v) is 2.76. The second-order valence-electron chi connectivity index (χ2n) is 4.46. The Morgan fingerprint density at radius 3 is 2.21 bits per heavy atom. The zero-order valence-corrected chi connectivity index (χ0v) is 11.3. The molecule has 0 aliphatic rings. The van der Waals surface area contributed by atoms with Crippen molar-refractivity contribution in [3.05, 3.63) is 66.2 Å². The topological polar surface area (TPSA) is 15.6 Å². The van der Waals surface area contributed by atoms with E-state index in [9.17, 15) is 0 Å². The summed E-state index contributed by atoms with van der Waals surface area (Å²) in [6, 6.07) is 18.3. The number of hydrogen-bond donors (Lipinski definition) is 0. The van der Waals surface area contributed by atoms with Gasteiger partial charge in [0.1, 0.15) is 0 Å². The molecule has 0 saturated heterocycles. The SMILES string of the molecule is CN(C)c1ccc(C=CC=Nc2ccccc2)cc1. The Labute approximate surface area is 114 Å². The van der Waals surface area contributed by atoms with E-state index in [-0.39, 0.29) is 0 Å². The molecule has 0 spiro atoms. The molecule has 0 aliphatic carbocycles. The van der Waals surface area contributed by atoms with E-state index >= 15 is 0 Å². The number of hydrogen-bond acceptors (Lipinski definition) is 2. The van der Waals surface area contributed by atoms with E-state index in [2.05, 4.69) is 34.2 Å². The summed E-state index contributed by atoms with van der Waals surface area (Å²) >= 11 is 0. The molecule has 0 N–H and O–H groups in total. The van der Waals surface area contributed by atoms with Crippen molar-refractivity contribution in [2.45, 2.75) is 0 Å². The van der Waals surface area contributed by atoms with E-state index in [0.717, 1.165) is 5.69 Å². The lowest BCUT2D eigenvalue weighted by atomic mass is 10.2. The van der Waals surface area contributed by atoms with Gasteiger partial charge in [0.2, 0.25) is 0 Å². The molecule has 0 unspecified atom stereocenters. The average molecular weight is 250 g/mol. The summed E-state index contributed by atoms with van der Waals surface area (Å²) in [5.74, 6) is 0. The van der Waals surface area contributed by atoms with Crippen LogP contribution < -0.4 is 4.90 Å². The quantitative estimate of drug-likeness (QED) is 0.744. The summed E-state index contributed by atoms with van der Waals surface area (Å²) in [6.07, 6.45) is 5.82. The lowest BCUT2D eigenvalue weighted by Gasteiger charge is -2.11. The fourth-order valence-electron chi connectivity index (χ4n) is 1.68. The van der Waals surface area contributed by atoms with Crippen molar-refractivity contribution >= 4 is 23.7 Å². The predicted molar refractivity (Wildman–Crippen MR) is 84.4 cm³/mol. The molecule has 2 aromatic carbocycles. The van der Waals surface area contributed by atoms with E-state index in [1.54, 1.807) is 0 Å². The maximum atomic E-state index is 4.35. The van der Waals surface area contributed by atoms with Crippen LogP contribution >= 0.6 is 0 Å². The molecule has 0 amide bonds. The van der Waals surface area contributed by atoms with Gasteiger partial charge in [0.15, 0.2) is 0 Å². The molecular formula is C17H18N2. The number of anilines is 1. The summed E-state index contributed by atoms with van der Waals surface area (Å²) in [7, 11) is 4.08. The van der Waals surface area contributed by atoms with Crippen LogP contribution in [0.5, 0.6) is 0 Å². The molecule has 19 heavy (non-hydrogen) atoms. The van der Waals surface area contributed by atoms with Gasteiger partial charge in [-0.15, -0.1) is 0 Å². The van der Waals surface area contributed by atoms with E-state index in [0.29, 0.717) is 0 Å². The predicted octanol–water partition coefficient (Wildman–Crippen LogP) is 4.17. The van der Waals surface area contributed by atoms with Crippen molar-refractivity contribution in [2.75, 3.05) is 19.0 Å². The van der Waals surface area contributed by atoms with E-state index < -0.39 is 0 Å². The van der Waals surface area contributed by atoms with Gasteiger partial charge >= 0.3 is 0 Å². The number of allylic oxidation sites excluding steroid dienone is 1. The molecule has 96 valence electrons. The molecule has 0 radical (unpaired) electrons. The van der Waals surface area contributed by atoms with Gasteiger partial charge in [0.25, 0.3) is 0 Å². The minimum absolute atomic E-state index is 0.968. The first-order valence-electron chi connectivity index (χ1n) is 6.29. The summed E-state index contributed by atoms with van der Waals surface area (Å²) in [5, 5.41) is 0. The maximum absolute atomic E-state index is 4.35. The maximum Gasteiger partial charge on any atom is 0.0629 e. The highest BCUT2D eigenvalue weighted by Gasteiger charge is 1.92. The Balaban J connectivity index is 1.97. The normalized spacial score (nSPS) is 11.3. The Hall–Kier alpha value is -2.35. The van der Waals surface area contributed by atoms with Crippen molar-refractivity contribution in [1.82, 2.24) is 0 Å². The first-order valence-corrected chi connectivity index (χ1v) is 6.29. The molecule has 0 heterocycles. The highest BCUT2D eigenvalue weighted by atomic mass is 15.1. The lowest BCUT2D eigenvalue weighted by Crippen LogP contribution is -2.07. The van der Waals surface area contributed by atoms with Crippen molar-refractivity contribution in [1.29, 1.82) is 0 Å². The summed E-state index contributed by atoms with van der Waals surface area (Å²) in [4.78, 5) is 6.43. The highest BCUT2D eigenvalue weighted by Crippen LogP contribution is 2.13. The minimum atomic E-state index is 0.968. The largest absolute Gasteiger partial charge is 0.378 e. The zero-order chi connectivity index (χ0) is 13.5. The van der Waals surface area contributed by atoms with Gasteiger partial charge in [0.05, 0.1) is 5.69 Å². The third kappa shape index (κ3) is 4.11. The molecule has 0 bridgehead atoms. The van der Waals surface area contributed by atoms with Crippen LogP contribution in [0.4, 0.5) is 11.4 Å². The van der Waals surface area contributed by atoms with Crippen LogP contribution in [0.25, 0.3) is 6.08 Å². The van der Waals surface area contributed by atoms with Crippen LogP contribution in [0.3, 0.4) is 0 Å². The van der Waals surface area contributed by atoms with Gasteiger partial charge in [-0.3, -0.25) is 4.99 Å². The van der Waals surface area contributed by atoms with E-state index in [1.165, 1.54) is 11.3 Å².